The van der Waals surface area contributed by atoms with Crippen LogP contribution in [0.25, 0.3) is 0 Å². The molecule has 1 atom stereocenters. The Bertz CT molecular complexity index is 243. The van der Waals surface area contributed by atoms with Crippen molar-refractivity contribution in [1.82, 2.24) is 20.6 Å². The smallest absolute Gasteiger partial charge is 0.230 e. The van der Waals surface area contributed by atoms with E-state index in [2.05, 4.69) is 20.6 Å². The van der Waals surface area contributed by atoms with Crippen molar-refractivity contribution in [3.63, 3.8) is 0 Å². The van der Waals surface area contributed by atoms with Crippen molar-refractivity contribution in [3.8, 4) is 0 Å². The fourth-order valence-electron chi connectivity index (χ4n) is 0.617. The van der Waals surface area contributed by atoms with Crippen LogP contribution in [-0.2, 0) is 0 Å². The molecule has 0 fully saturated rings. The maximum Gasteiger partial charge on any atom is 0.230 e. The van der Waals surface area contributed by atoms with E-state index in [0.29, 0.717) is 5.16 Å². The van der Waals surface area contributed by atoms with Gasteiger partial charge in [0.05, 0.1) is 5.60 Å². The Morgan fingerprint density at radius 3 is 2.77 bits per heavy atom. The third-order valence-electron chi connectivity index (χ3n) is 1.99. The zero-order chi connectivity index (χ0) is 9.90. The van der Waals surface area contributed by atoms with Crippen LogP contribution in [-0.4, -0.2) is 37.1 Å². The second-order valence-corrected chi connectivity index (χ2v) is 4.55. The molecule has 2 N–H and O–H groups in total. The van der Waals surface area contributed by atoms with Crippen LogP contribution < -0.4 is 0 Å². The first-order valence-corrected chi connectivity index (χ1v) is 5.07. The lowest BCUT2D eigenvalue weighted by atomic mass is 9.95. The van der Waals surface area contributed by atoms with E-state index in [1.54, 1.807) is 13.8 Å². The molecular weight excluding hydrogens is 188 g/mol. The summed E-state index contributed by atoms with van der Waals surface area (Å²) >= 11 is 1.49. The maximum atomic E-state index is 9.64. The molecule has 0 bridgehead atoms. The molecule has 0 radical (unpaired) electrons. The third kappa shape index (κ3) is 3.31. The molecule has 5 nitrogen and oxygen atoms in total. The van der Waals surface area contributed by atoms with Crippen LogP contribution in [0, 0.1) is 5.92 Å². The molecule has 0 amide bonds. The zero-order valence-corrected chi connectivity index (χ0v) is 8.80. The van der Waals surface area contributed by atoms with E-state index in [0.717, 1.165) is 5.75 Å². The summed E-state index contributed by atoms with van der Waals surface area (Å²) in [6.07, 6.45) is 0. The monoisotopic (exact) mass is 202 g/mol. The Morgan fingerprint density at radius 2 is 2.31 bits per heavy atom. The Morgan fingerprint density at radius 1 is 1.62 bits per heavy atom. The summed E-state index contributed by atoms with van der Waals surface area (Å²) in [5, 5.41) is 23.7. The highest BCUT2D eigenvalue weighted by Gasteiger charge is 2.22. The number of hydrogen-bond donors (Lipinski definition) is 2. The van der Waals surface area contributed by atoms with Crippen LogP contribution in [0.1, 0.15) is 20.8 Å². The van der Waals surface area contributed by atoms with Gasteiger partial charge in [-0.2, -0.15) is 5.21 Å². The lowest BCUT2D eigenvalue weighted by Crippen LogP contribution is -2.30. The van der Waals surface area contributed by atoms with Gasteiger partial charge in [0.25, 0.3) is 0 Å². The molecule has 1 heterocycles. The molecule has 0 aliphatic rings. The molecule has 0 saturated carbocycles. The molecule has 0 aliphatic carbocycles. The lowest BCUT2D eigenvalue weighted by Gasteiger charge is -2.24. The second-order valence-electron chi connectivity index (χ2n) is 3.56. The van der Waals surface area contributed by atoms with E-state index in [1.807, 2.05) is 6.92 Å². The minimum Gasteiger partial charge on any atom is -0.390 e. The van der Waals surface area contributed by atoms with E-state index in [9.17, 15) is 5.11 Å². The van der Waals surface area contributed by atoms with Gasteiger partial charge in [-0.25, -0.2) is 0 Å². The van der Waals surface area contributed by atoms with Gasteiger partial charge >= 0.3 is 0 Å². The summed E-state index contributed by atoms with van der Waals surface area (Å²) in [5.74, 6) is 0.972. The summed E-state index contributed by atoms with van der Waals surface area (Å²) in [6.45, 7) is 5.59. The first kappa shape index (κ1) is 10.5. The van der Waals surface area contributed by atoms with Gasteiger partial charge in [0, 0.05) is 5.75 Å². The zero-order valence-electron chi connectivity index (χ0n) is 7.98. The number of rotatable bonds is 4. The fourth-order valence-corrected chi connectivity index (χ4v) is 1.63. The number of hydrogen-bond acceptors (Lipinski definition) is 5. The quantitative estimate of drug-likeness (QED) is 0.703. The number of H-pyrrole nitrogens is 1. The molecule has 1 rings (SSSR count). The van der Waals surface area contributed by atoms with Gasteiger partial charge in [-0.15, -0.1) is 10.2 Å². The molecule has 0 saturated heterocycles. The van der Waals surface area contributed by atoms with Crippen molar-refractivity contribution in [2.75, 3.05) is 5.75 Å². The predicted molar refractivity (Wildman–Crippen MR) is 50.4 cm³/mol. The Hall–Kier alpha value is -0.620. The van der Waals surface area contributed by atoms with Crippen LogP contribution in [0.4, 0.5) is 0 Å². The van der Waals surface area contributed by atoms with E-state index < -0.39 is 5.60 Å². The summed E-state index contributed by atoms with van der Waals surface area (Å²) in [4.78, 5) is 0. The number of aromatic amines is 1. The van der Waals surface area contributed by atoms with E-state index >= 15 is 0 Å². The highest BCUT2D eigenvalue weighted by molar-refractivity contribution is 7.99. The molecular formula is C7H14N4OS. The first-order chi connectivity index (χ1) is 6.00. The molecule has 1 aromatic heterocycles. The van der Waals surface area contributed by atoms with Crippen molar-refractivity contribution in [2.24, 2.45) is 5.92 Å². The topological polar surface area (TPSA) is 74.7 Å². The van der Waals surface area contributed by atoms with Crippen LogP contribution in [0.15, 0.2) is 5.16 Å². The molecule has 6 heteroatoms. The largest absolute Gasteiger partial charge is 0.390 e. The van der Waals surface area contributed by atoms with Gasteiger partial charge in [0.2, 0.25) is 5.16 Å². The second kappa shape index (κ2) is 4.06. The number of nitrogens with one attached hydrogen (secondary N) is 1. The van der Waals surface area contributed by atoms with Crippen molar-refractivity contribution < 1.29 is 5.11 Å². The number of thioether (sulfide) groups is 1. The number of aliphatic hydroxyl groups is 1. The number of nitrogens with zero attached hydrogens (tertiary/aromatic N) is 3. The van der Waals surface area contributed by atoms with Crippen LogP contribution in [0.3, 0.4) is 0 Å². The molecule has 1 aromatic rings. The van der Waals surface area contributed by atoms with E-state index in [4.69, 9.17) is 0 Å². The minimum absolute atomic E-state index is 0.191. The Kier molecular flexibility index (Phi) is 3.27. The van der Waals surface area contributed by atoms with Gasteiger partial charge in [-0.1, -0.05) is 18.7 Å². The molecule has 0 aliphatic heterocycles. The average molecular weight is 202 g/mol. The van der Waals surface area contributed by atoms with Crippen molar-refractivity contribution in [3.05, 3.63) is 0 Å². The summed E-state index contributed by atoms with van der Waals surface area (Å²) in [5.41, 5.74) is -0.656. The molecule has 13 heavy (non-hydrogen) atoms. The average Bonchev–Trinajstić information content (AvgIpc) is 2.50. The van der Waals surface area contributed by atoms with E-state index in [1.165, 1.54) is 11.8 Å². The van der Waals surface area contributed by atoms with E-state index in [-0.39, 0.29) is 5.92 Å². The Labute approximate surface area is 81.3 Å². The predicted octanol–water partition coefficient (Wildman–Crippen LogP) is 0.699. The minimum atomic E-state index is -0.656. The van der Waals surface area contributed by atoms with Crippen molar-refractivity contribution >= 4 is 11.8 Å². The number of tetrazole rings is 1. The molecule has 0 aromatic carbocycles. The highest BCUT2D eigenvalue weighted by atomic mass is 32.2. The molecule has 0 spiro atoms. The summed E-state index contributed by atoms with van der Waals surface area (Å²) in [6, 6.07) is 0. The SMILES string of the molecule is C[C@@H](CSc1nn[nH]n1)C(C)(C)O. The van der Waals surface area contributed by atoms with Crippen LogP contribution in [0.2, 0.25) is 0 Å². The first-order valence-electron chi connectivity index (χ1n) is 4.09. The number of aromatic nitrogens is 4. The van der Waals surface area contributed by atoms with Gasteiger partial charge < -0.3 is 5.11 Å². The highest BCUT2D eigenvalue weighted by Crippen LogP contribution is 2.22. The van der Waals surface area contributed by atoms with Crippen molar-refractivity contribution in [1.29, 1.82) is 0 Å². The lowest BCUT2D eigenvalue weighted by molar-refractivity contribution is 0.0346. The van der Waals surface area contributed by atoms with Crippen LogP contribution in [0.5, 0.6) is 0 Å². The van der Waals surface area contributed by atoms with Crippen molar-refractivity contribution in [2.45, 2.75) is 31.5 Å². The fraction of sp³-hybridized carbons (Fsp3) is 0.857. The summed E-state index contributed by atoms with van der Waals surface area (Å²) in [7, 11) is 0. The van der Waals surface area contributed by atoms with Crippen LogP contribution >= 0.6 is 11.8 Å². The third-order valence-corrected chi connectivity index (χ3v) is 3.09. The molecule has 74 valence electrons. The van der Waals surface area contributed by atoms with Gasteiger partial charge in [0.15, 0.2) is 0 Å². The standard InChI is InChI=1S/C7H14N4OS/c1-5(7(2,3)12)4-13-6-8-10-11-9-6/h5,12H,4H2,1-3H3,(H,8,9,10,11)/t5-/m0/s1. The van der Waals surface area contributed by atoms with Gasteiger partial charge in [-0.05, 0) is 25.0 Å². The van der Waals surface area contributed by atoms with Gasteiger partial charge in [-0.3, -0.25) is 0 Å². The summed E-state index contributed by atoms with van der Waals surface area (Å²) < 4.78 is 0. The maximum absolute atomic E-state index is 9.64. The van der Waals surface area contributed by atoms with Gasteiger partial charge in [0.1, 0.15) is 0 Å². The molecule has 0 unspecified atom stereocenters. The normalized spacial score (nSPS) is 14.5. The Balaban J connectivity index is 2.35.